The average molecular weight is 439 g/mol. The molecule has 31 heavy (non-hydrogen) atoms. The lowest BCUT2D eigenvalue weighted by Crippen LogP contribution is -2.63. The van der Waals surface area contributed by atoms with E-state index in [0.29, 0.717) is 30.1 Å². The normalized spacial score (nSPS) is 33.2. The van der Waals surface area contributed by atoms with Crippen LogP contribution in [-0.2, 0) is 9.47 Å². The quantitative estimate of drug-likeness (QED) is 0.384. The molecule has 4 unspecified atom stereocenters. The molecule has 2 aliphatic heterocycles. The molecule has 0 bridgehead atoms. The van der Waals surface area contributed by atoms with Crippen LogP contribution in [0.3, 0.4) is 0 Å². The van der Waals surface area contributed by atoms with E-state index in [1.807, 2.05) is 0 Å². The Balaban J connectivity index is 1.58. The zero-order valence-corrected chi connectivity index (χ0v) is 22.3. The molecule has 0 radical (unpaired) electrons. The van der Waals surface area contributed by atoms with Gasteiger partial charge in [-0.05, 0) is 85.0 Å². The lowest BCUT2D eigenvalue weighted by Gasteiger charge is -2.50. The molecule has 0 amide bonds. The van der Waals surface area contributed by atoms with Crippen LogP contribution < -0.4 is 10.6 Å². The first-order chi connectivity index (χ1) is 14.3. The number of unbranched alkanes of at least 4 members (excludes halogenated alkanes) is 3. The lowest BCUT2D eigenvalue weighted by atomic mass is 9.74. The first kappa shape index (κ1) is 27.1. The van der Waals surface area contributed by atoms with Crippen molar-refractivity contribution in [3.8, 4) is 0 Å². The molecule has 0 aliphatic carbocycles. The molecule has 2 rings (SSSR count). The van der Waals surface area contributed by atoms with E-state index in [1.54, 1.807) is 0 Å². The van der Waals surface area contributed by atoms with Gasteiger partial charge in [0.1, 0.15) is 0 Å². The number of rotatable bonds is 11. The van der Waals surface area contributed by atoms with Crippen LogP contribution in [0.15, 0.2) is 0 Å². The van der Waals surface area contributed by atoms with E-state index in [4.69, 9.17) is 9.47 Å². The van der Waals surface area contributed by atoms with Gasteiger partial charge in [0.05, 0.1) is 12.2 Å². The van der Waals surface area contributed by atoms with Gasteiger partial charge in [0.15, 0.2) is 0 Å². The minimum atomic E-state index is 0.150. The Labute approximate surface area is 194 Å². The summed E-state index contributed by atoms with van der Waals surface area (Å²) >= 11 is 0. The molecule has 2 fully saturated rings. The minimum Gasteiger partial charge on any atom is -0.378 e. The summed E-state index contributed by atoms with van der Waals surface area (Å²) in [6.07, 6.45) is 10.1. The molecule has 4 heteroatoms. The van der Waals surface area contributed by atoms with Crippen LogP contribution in [-0.4, -0.2) is 48.1 Å². The van der Waals surface area contributed by atoms with E-state index in [9.17, 15) is 0 Å². The van der Waals surface area contributed by atoms with Gasteiger partial charge in [-0.3, -0.25) is 0 Å². The highest BCUT2D eigenvalue weighted by Gasteiger charge is 2.42. The van der Waals surface area contributed by atoms with Crippen molar-refractivity contribution >= 4 is 0 Å². The maximum absolute atomic E-state index is 6.34. The van der Waals surface area contributed by atoms with Gasteiger partial charge < -0.3 is 20.1 Å². The van der Waals surface area contributed by atoms with Crippen molar-refractivity contribution in [3.63, 3.8) is 0 Å². The van der Waals surface area contributed by atoms with E-state index in [-0.39, 0.29) is 16.6 Å². The van der Waals surface area contributed by atoms with Gasteiger partial charge in [-0.25, -0.2) is 0 Å². The van der Waals surface area contributed by atoms with Crippen molar-refractivity contribution in [2.45, 2.75) is 149 Å². The van der Waals surface area contributed by atoms with Gasteiger partial charge in [-0.15, -0.1) is 0 Å². The Morgan fingerprint density at radius 3 is 1.84 bits per heavy atom. The Bertz CT molecular complexity index is 531. The summed E-state index contributed by atoms with van der Waals surface area (Å²) in [4.78, 5) is 0. The third-order valence-electron chi connectivity index (χ3n) is 7.67. The van der Waals surface area contributed by atoms with E-state index < -0.39 is 0 Å². The Morgan fingerprint density at radius 2 is 1.29 bits per heavy atom. The van der Waals surface area contributed by atoms with Crippen LogP contribution in [0.1, 0.15) is 114 Å². The van der Waals surface area contributed by atoms with Gasteiger partial charge in [-0.1, -0.05) is 40.5 Å². The molecular weight excluding hydrogens is 384 g/mol. The molecule has 0 aromatic rings. The molecule has 2 heterocycles. The van der Waals surface area contributed by atoms with E-state index >= 15 is 0 Å². The zero-order chi connectivity index (χ0) is 23.3. The lowest BCUT2D eigenvalue weighted by molar-refractivity contribution is -0.0380. The summed E-state index contributed by atoms with van der Waals surface area (Å²) in [5.74, 6) is 1.27. The molecule has 184 valence electrons. The van der Waals surface area contributed by atoms with Gasteiger partial charge >= 0.3 is 0 Å². The highest BCUT2D eigenvalue weighted by Crippen LogP contribution is 2.35. The second kappa shape index (κ2) is 11.3. The van der Waals surface area contributed by atoms with Crippen molar-refractivity contribution in [2.75, 3.05) is 13.2 Å². The van der Waals surface area contributed by atoms with Gasteiger partial charge in [-0.2, -0.15) is 0 Å². The average Bonchev–Trinajstić information content (AvgIpc) is 2.61. The number of ether oxygens (including phenoxy) is 2. The smallest absolute Gasteiger partial charge is 0.0610 e. The zero-order valence-electron chi connectivity index (χ0n) is 22.3. The van der Waals surface area contributed by atoms with Crippen LogP contribution in [0.5, 0.6) is 0 Å². The van der Waals surface area contributed by atoms with Crippen LogP contribution in [0, 0.1) is 11.8 Å². The fraction of sp³-hybridized carbons (Fsp3) is 1.00. The third-order valence-corrected chi connectivity index (χ3v) is 7.67. The maximum Gasteiger partial charge on any atom is 0.0610 e. The van der Waals surface area contributed by atoms with Crippen molar-refractivity contribution < 1.29 is 9.47 Å². The molecule has 0 saturated carbocycles. The second-order valence-electron chi connectivity index (χ2n) is 12.7. The minimum absolute atomic E-state index is 0.150. The third kappa shape index (κ3) is 8.95. The maximum atomic E-state index is 6.34. The summed E-state index contributed by atoms with van der Waals surface area (Å²) in [5.41, 5.74) is 0.503. The Morgan fingerprint density at radius 1 is 0.742 bits per heavy atom. The van der Waals surface area contributed by atoms with Crippen LogP contribution in [0.25, 0.3) is 0 Å². The summed E-state index contributed by atoms with van der Waals surface area (Å²) < 4.78 is 12.6. The molecule has 0 aromatic heterocycles. The van der Waals surface area contributed by atoms with Crippen LogP contribution >= 0.6 is 0 Å². The monoisotopic (exact) mass is 438 g/mol. The van der Waals surface area contributed by atoms with E-state index in [2.05, 4.69) is 72.9 Å². The molecule has 4 nitrogen and oxygen atoms in total. The predicted molar refractivity (Wildman–Crippen MR) is 133 cm³/mol. The summed E-state index contributed by atoms with van der Waals surface area (Å²) in [6.45, 7) is 22.7. The number of nitrogens with one attached hydrogen (secondary N) is 2. The highest BCUT2D eigenvalue weighted by molar-refractivity contribution is 5.01. The Kier molecular flexibility index (Phi) is 9.88. The first-order valence-electron chi connectivity index (χ1n) is 13.1. The van der Waals surface area contributed by atoms with Gasteiger partial charge in [0.2, 0.25) is 0 Å². The standard InChI is InChI=1S/C27H54N2O2/c1-20(2)24-16-22(17-25(5,6)28-24)30-14-12-10-11-13-15-31-23-18-26(7,8)29-27(9,19-23)21(3)4/h20-24,28-29H,10-19H2,1-9H3. The molecule has 2 saturated heterocycles. The van der Waals surface area contributed by atoms with Crippen molar-refractivity contribution in [3.05, 3.63) is 0 Å². The van der Waals surface area contributed by atoms with Crippen LogP contribution in [0.2, 0.25) is 0 Å². The SMILES string of the molecule is CC(C)C1CC(OCCCCCCOC2CC(C)(C)NC(C)(C(C)C)C2)CC(C)(C)N1. The van der Waals surface area contributed by atoms with E-state index in [1.165, 1.54) is 25.7 Å². The molecule has 4 atom stereocenters. The summed E-state index contributed by atoms with van der Waals surface area (Å²) in [6, 6.07) is 0.573. The fourth-order valence-electron chi connectivity index (χ4n) is 5.67. The van der Waals surface area contributed by atoms with Crippen molar-refractivity contribution in [1.82, 2.24) is 10.6 Å². The van der Waals surface area contributed by atoms with Crippen molar-refractivity contribution in [2.24, 2.45) is 11.8 Å². The number of hydrogen-bond acceptors (Lipinski definition) is 4. The molecule has 2 N–H and O–H groups in total. The van der Waals surface area contributed by atoms with Crippen LogP contribution in [0.4, 0.5) is 0 Å². The van der Waals surface area contributed by atoms with Crippen molar-refractivity contribution in [1.29, 1.82) is 0 Å². The molecule has 0 aromatic carbocycles. The molecular formula is C27H54N2O2. The first-order valence-corrected chi connectivity index (χ1v) is 13.1. The molecule has 2 aliphatic rings. The summed E-state index contributed by atoms with van der Waals surface area (Å²) in [5, 5.41) is 7.66. The van der Waals surface area contributed by atoms with Gasteiger partial charge in [0.25, 0.3) is 0 Å². The number of piperidine rings is 2. The Hall–Kier alpha value is -0.160. The fourth-order valence-corrected chi connectivity index (χ4v) is 5.67. The predicted octanol–water partition coefficient (Wildman–Crippen LogP) is 6.08. The topological polar surface area (TPSA) is 42.5 Å². The molecule has 0 spiro atoms. The highest BCUT2D eigenvalue weighted by atomic mass is 16.5. The second-order valence-corrected chi connectivity index (χ2v) is 12.7. The largest absolute Gasteiger partial charge is 0.378 e. The number of hydrogen-bond donors (Lipinski definition) is 2. The van der Waals surface area contributed by atoms with E-state index in [0.717, 1.165) is 38.9 Å². The summed E-state index contributed by atoms with van der Waals surface area (Å²) in [7, 11) is 0. The van der Waals surface area contributed by atoms with Gasteiger partial charge in [0, 0.05) is 35.9 Å².